The summed E-state index contributed by atoms with van der Waals surface area (Å²) in [4.78, 5) is 2.08. The summed E-state index contributed by atoms with van der Waals surface area (Å²) in [6, 6.07) is 4.40. The van der Waals surface area contributed by atoms with Gasteiger partial charge >= 0.3 is 6.18 Å². The zero-order chi connectivity index (χ0) is 21.1. The number of aromatic nitrogens is 2. The molecule has 0 aliphatic rings. The number of phenolic OH excluding ortho intramolecular Hbond substituents is 1. The molecule has 0 bridgehead atoms. The largest absolute Gasteiger partial charge is 0.507 e. The Hall–Kier alpha value is -2.19. The Morgan fingerprint density at radius 3 is 2.36 bits per heavy atom. The van der Waals surface area contributed by atoms with Crippen molar-refractivity contribution in [2.45, 2.75) is 39.0 Å². The third-order valence-electron chi connectivity index (χ3n) is 4.69. The van der Waals surface area contributed by atoms with Crippen LogP contribution in [0.15, 0.2) is 24.3 Å². The molecule has 0 spiro atoms. The topological polar surface area (TPSA) is 69.5 Å². The summed E-state index contributed by atoms with van der Waals surface area (Å²) < 4.78 is 38.3. The molecule has 1 heterocycles. The van der Waals surface area contributed by atoms with E-state index in [0.29, 0.717) is 17.3 Å². The van der Waals surface area contributed by atoms with Crippen molar-refractivity contribution in [2.24, 2.45) is 5.92 Å². The second-order valence-electron chi connectivity index (χ2n) is 7.40. The first-order valence-corrected chi connectivity index (χ1v) is 9.08. The molecule has 0 saturated heterocycles. The van der Waals surface area contributed by atoms with Gasteiger partial charge in [0.15, 0.2) is 0 Å². The molecule has 2 rings (SSSR count). The van der Waals surface area contributed by atoms with Gasteiger partial charge in [-0.3, -0.25) is 0 Å². The van der Waals surface area contributed by atoms with E-state index in [4.69, 9.17) is 0 Å². The fraction of sp³-hybridized carbons (Fsp3) is 0.500. The van der Waals surface area contributed by atoms with E-state index < -0.39 is 23.6 Å². The van der Waals surface area contributed by atoms with Gasteiger partial charge in [-0.25, -0.2) is 0 Å². The lowest BCUT2D eigenvalue weighted by molar-refractivity contribution is -0.137. The molecular formula is C20H26F3N3O2. The Bertz CT molecular complexity index is 810. The molecule has 2 aromatic rings. The number of halogens is 3. The minimum atomic E-state index is -4.53. The molecule has 1 aromatic heterocycles. The molecule has 0 aliphatic carbocycles. The monoisotopic (exact) mass is 397 g/mol. The molecule has 8 heteroatoms. The van der Waals surface area contributed by atoms with Crippen LogP contribution in [0.4, 0.5) is 13.2 Å². The Labute approximate surface area is 162 Å². The molecule has 0 fully saturated rings. The lowest BCUT2D eigenvalue weighted by Crippen LogP contribution is -2.17. The Morgan fingerprint density at radius 2 is 1.82 bits per heavy atom. The summed E-state index contributed by atoms with van der Waals surface area (Å²) in [7, 11) is 3.98. The number of rotatable bonds is 7. The lowest BCUT2D eigenvalue weighted by Gasteiger charge is -2.20. The highest BCUT2D eigenvalue weighted by Gasteiger charge is 2.31. The number of alkyl halides is 3. The van der Waals surface area contributed by atoms with Crippen LogP contribution in [0.25, 0.3) is 11.3 Å². The Balaban J connectivity index is 2.20. The maximum absolute atomic E-state index is 12.8. The van der Waals surface area contributed by atoms with Gasteiger partial charge in [0.25, 0.3) is 0 Å². The van der Waals surface area contributed by atoms with Crippen molar-refractivity contribution in [3.05, 3.63) is 41.1 Å². The summed E-state index contributed by atoms with van der Waals surface area (Å²) in [5, 5.41) is 28.7. The Morgan fingerprint density at radius 1 is 1.14 bits per heavy atom. The molecule has 1 aromatic carbocycles. The SMILES string of the molecule is Cc1cc(C(O)C(C)CCCN(C)C)nnc1-c1ccc(C(F)(F)F)cc1O. The minimum absolute atomic E-state index is 0.0148. The number of benzene rings is 1. The van der Waals surface area contributed by atoms with E-state index in [1.54, 1.807) is 13.0 Å². The summed E-state index contributed by atoms with van der Waals surface area (Å²) in [6.07, 6.45) is -3.56. The van der Waals surface area contributed by atoms with Crippen molar-refractivity contribution < 1.29 is 23.4 Å². The predicted molar refractivity (Wildman–Crippen MR) is 101 cm³/mol. The molecule has 0 amide bonds. The van der Waals surface area contributed by atoms with Gasteiger partial charge in [0, 0.05) is 5.56 Å². The van der Waals surface area contributed by atoms with E-state index in [1.165, 1.54) is 6.07 Å². The second kappa shape index (κ2) is 8.87. The smallest absolute Gasteiger partial charge is 0.416 e. The van der Waals surface area contributed by atoms with Crippen molar-refractivity contribution in [2.75, 3.05) is 20.6 Å². The number of hydrogen-bond donors (Lipinski definition) is 2. The third kappa shape index (κ3) is 5.42. The maximum Gasteiger partial charge on any atom is 0.416 e. The number of aryl methyl sites for hydroxylation is 1. The minimum Gasteiger partial charge on any atom is -0.507 e. The first kappa shape index (κ1) is 22.1. The van der Waals surface area contributed by atoms with Gasteiger partial charge in [0.05, 0.1) is 17.0 Å². The first-order chi connectivity index (χ1) is 13.0. The average molecular weight is 397 g/mol. The van der Waals surface area contributed by atoms with Crippen LogP contribution in [0, 0.1) is 12.8 Å². The standard InChI is InChI=1S/C20H26F3N3O2/c1-12(6-5-9-26(3)4)19(28)16-10-13(2)18(25-24-16)15-8-7-14(11-17(15)27)20(21,22)23/h7-8,10-12,19,27-28H,5-6,9H2,1-4H3. The Kier molecular flexibility index (Phi) is 7.01. The second-order valence-corrected chi connectivity index (χ2v) is 7.40. The molecule has 0 aliphatic heterocycles. The van der Waals surface area contributed by atoms with E-state index >= 15 is 0 Å². The van der Waals surface area contributed by atoms with Crippen molar-refractivity contribution in [3.63, 3.8) is 0 Å². The van der Waals surface area contributed by atoms with Crippen LogP contribution in [0.2, 0.25) is 0 Å². The summed E-state index contributed by atoms with van der Waals surface area (Å²) in [5.74, 6) is -0.531. The molecule has 0 saturated carbocycles. The van der Waals surface area contributed by atoms with Crippen LogP contribution in [0.1, 0.15) is 42.7 Å². The molecule has 2 atom stereocenters. The van der Waals surface area contributed by atoms with E-state index in [0.717, 1.165) is 25.5 Å². The molecule has 28 heavy (non-hydrogen) atoms. The van der Waals surface area contributed by atoms with E-state index in [2.05, 4.69) is 15.1 Å². The summed E-state index contributed by atoms with van der Waals surface area (Å²) in [6.45, 7) is 4.58. The number of aromatic hydroxyl groups is 1. The maximum atomic E-state index is 12.8. The van der Waals surface area contributed by atoms with Crippen LogP contribution in [0.3, 0.4) is 0 Å². The number of aliphatic hydroxyl groups is 1. The predicted octanol–water partition coefficient (Wildman–Crippen LogP) is 4.19. The quantitative estimate of drug-likeness (QED) is 0.733. The van der Waals surface area contributed by atoms with Gasteiger partial charge in [0.1, 0.15) is 11.9 Å². The van der Waals surface area contributed by atoms with Gasteiger partial charge in [-0.15, -0.1) is 5.10 Å². The highest BCUT2D eigenvalue weighted by atomic mass is 19.4. The summed E-state index contributed by atoms with van der Waals surface area (Å²) >= 11 is 0. The normalized spacial score (nSPS) is 14.3. The molecule has 2 unspecified atom stereocenters. The number of nitrogens with zero attached hydrogens (tertiary/aromatic N) is 3. The van der Waals surface area contributed by atoms with E-state index in [1.807, 2.05) is 21.0 Å². The fourth-order valence-corrected chi connectivity index (χ4v) is 3.00. The van der Waals surface area contributed by atoms with Gasteiger partial charge < -0.3 is 15.1 Å². The van der Waals surface area contributed by atoms with E-state index in [-0.39, 0.29) is 17.2 Å². The fourth-order valence-electron chi connectivity index (χ4n) is 3.00. The van der Waals surface area contributed by atoms with Crippen LogP contribution < -0.4 is 0 Å². The van der Waals surface area contributed by atoms with Crippen molar-refractivity contribution >= 4 is 0 Å². The molecule has 5 nitrogen and oxygen atoms in total. The van der Waals surface area contributed by atoms with Crippen LogP contribution in [-0.4, -0.2) is 46.0 Å². The molecule has 0 radical (unpaired) electrons. The highest BCUT2D eigenvalue weighted by molar-refractivity contribution is 5.69. The average Bonchev–Trinajstić information content (AvgIpc) is 2.60. The number of phenols is 1. The molecule has 2 N–H and O–H groups in total. The van der Waals surface area contributed by atoms with Gasteiger partial charge in [-0.05, 0) is 76.2 Å². The van der Waals surface area contributed by atoms with Gasteiger partial charge in [0.2, 0.25) is 0 Å². The molecule has 154 valence electrons. The first-order valence-electron chi connectivity index (χ1n) is 9.08. The third-order valence-corrected chi connectivity index (χ3v) is 4.69. The number of aliphatic hydroxyl groups excluding tert-OH is 1. The van der Waals surface area contributed by atoms with Crippen molar-refractivity contribution in [3.8, 4) is 17.0 Å². The molecular weight excluding hydrogens is 371 g/mol. The van der Waals surface area contributed by atoms with Gasteiger partial charge in [-0.1, -0.05) is 6.92 Å². The van der Waals surface area contributed by atoms with Gasteiger partial charge in [-0.2, -0.15) is 18.3 Å². The zero-order valence-corrected chi connectivity index (χ0v) is 16.5. The zero-order valence-electron chi connectivity index (χ0n) is 16.5. The van der Waals surface area contributed by atoms with E-state index in [9.17, 15) is 23.4 Å². The van der Waals surface area contributed by atoms with Crippen LogP contribution in [0.5, 0.6) is 5.75 Å². The van der Waals surface area contributed by atoms with Crippen molar-refractivity contribution in [1.82, 2.24) is 15.1 Å². The summed E-state index contributed by atoms with van der Waals surface area (Å²) in [5.41, 5.74) is 0.531. The lowest BCUT2D eigenvalue weighted by atomic mass is 9.95. The van der Waals surface area contributed by atoms with Crippen LogP contribution >= 0.6 is 0 Å². The van der Waals surface area contributed by atoms with Crippen LogP contribution in [-0.2, 0) is 6.18 Å². The van der Waals surface area contributed by atoms with Crippen molar-refractivity contribution in [1.29, 1.82) is 0 Å². The number of hydrogen-bond acceptors (Lipinski definition) is 5. The highest BCUT2D eigenvalue weighted by Crippen LogP contribution is 2.37.